The van der Waals surface area contributed by atoms with Crippen molar-refractivity contribution in [3.8, 4) is 0 Å². The van der Waals surface area contributed by atoms with E-state index in [0.29, 0.717) is 38.0 Å². The fourth-order valence-electron chi connectivity index (χ4n) is 4.58. The summed E-state index contributed by atoms with van der Waals surface area (Å²) in [6.45, 7) is 6.47. The minimum absolute atomic E-state index is 0.0518. The van der Waals surface area contributed by atoms with Gasteiger partial charge in [0.25, 0.3) is 10.2 Å². The third-order valence-electron chi connectivity index (χ3n) is 6.59. The lowest BCUT2D eigenvalue weighted by atomic mass is 9.85. The quantitative estimate of drug-likeness (QED) is 0.808. The highest BCUT2D eigenvalue weighted by atomic mass is 32.2. The molecule has 1 saturated carbocycles. The number of piperidine rings is 2. The molecule has 150 valence electrons. The van der Waals surface area contributed by atoms with Crippen molar-refractivity contribution < 1.29 is 13.2 Å². The summed E-state index contributed by atoms with van der Waals surface area (Å²) in [4.78, 5) is 12.8. The number of carbonyl (C=O) groups is 1. The van der Waals surface area contributed by atoms with Crippen LogP contribution in [0.5, 0.6) is 0 Å². The Morgan fingerprint density at radius 3 is 2.27 bits per heavy atom. The predicted octanol–water partition coefficient (Wildman–Crippen LogP) is 2.37. The Hall–Kier alpha value is -0.660. The minimum atomic E-state index is -3.43. The van der Waals surface area contributed by atoms with Gasteiger partial charge in [-0.3, -0.25) is 4.79 Å². The molecule has 0 bridgehead atoms. The van der Waals surface area contributed by atoms with Crippen LogP contribution in [0.25, 0.3) is 0 Å². The molecule has 1 aliphatic carbocycles. The van der Waals surface area contributed by atoms with Crippen molar-refractivity contribution in [3.05, 3.63) is 0 Å². The van der Waals surface area contributed by atoms with E-state index >= 15 is 0 Å². The molecule has 2 heterocycles. The van der Waals surface area contributed by atoms with Crippen molar-refractivity contribution in [1.82, 2.24) is 13.9 Å². The number of nitrogens with zero attached hydrogens (tertiary/aromatic N) is 2. The van der Waals surface area contributed by atoms with E-state index in [1.807, 2.05) is 0 Å². The van der Waals surface area contributed by atoms with E-state index in [1.54, 1.807) is 8.61 Å². The van der Waals surface area contributed by atoms with Gasteiger partial charge in [-0.25, -0.2) is 0 Å². The Labute approximate surface area is 158 Å². The van der Waals surface area contributed by atoms with Crippen molar-refractivity contribution >= 4 is 16.1 Å². The number of carbonyl (C=O) groups excluding carboxylic acids is 1. The van der Waals surface area contributed by atoms with E-state index in [9.17, 15) is 13.2 Å². The number of amides is 1. The average Bonchev–Trinajstić information content (AvgIpc) is 2.64. The fourth-order valence-corrected chi connectivity index (χ4v) is 6.30. The van der Waals surface area contributed by atoms with Gasteiger partial charge in [0.2, 0.25) is 5.91 Å². The van der Waals surface area contributed by atoms with Crippen LogP contribution in [-0.4, -0.2) is 55.2 Å². The van der Waals surface area contributed by atoms with E-state index in [0.717, 1.165) is 32.1 Å². The third kappa shape index (κ3) is 4.60. The molecule has 0 aromatic rings. The van der Waals surface area contributed by atoms with Crippen molar-refractivity contribution in [2.75, 3.05) is 26.2 Å². The summed E-state index contributed by atoms with van der Waals surface area (Å²) in [6.07, 6.45) is 8.05. The summed E-state index contributed by atoms with van der Waals surface area (Å²) in [7, 11) is -3.43. The van der Waals surface area contributed by atoms with Gasteiger partial charge in [-0.15, -0.1) is 0 Å². The Morgan fingerprint density at radius 2 is 1.58 bits per heavy atom. The maximum Gasteiger partial charge on any atom is 0.281 e. The van der Waals surface area contributed by atoms with E-state index in [-0.39, 0.29) is 17.9 Å². The van der Waals surface area contributed by atoms with E-state index in [4.69, 9.17) is 0 Å². The highest BCUT2D eigenvalue weighted by Crippen LogP contribution is 2.27. The van der Waals surface area contributed by atoms with Crippen LogP contribution in [0.2, 0.25) is 0 Å². The molecule has 1 amide bonds. The molecular weight excluding hydrogens is 350 g/mol. The van der Waals surface area contributed by atoms with Gasteiger partial charge in [0.05, 0.1) is 5.92 Å². The molecule has 6 nitrogen and oxygen atoms in total. The van der Waals surface area contributed by atoms with Crippen LogP contribution in [0.15, 0.2) is 0 Å². The Kier molecular flexibility index (Phi) is 6.62. The van der Waals surface area contributed by atoms with Crippen LogP contribution < -0.4 is 5.32 Å². The van der Waals surface area contributed by atoms with Crippen molar-refractivity contribution in [2.24, 2.45) is 17.8 Å². The van der Waals surface area contributed by atoms with Gasteiger partial charge in [0, 0.05) is 32.2 Å². The second-order valence-electron chi connectivity index (χ2n) is 8.66. The third-order valence-corrected chi connectivity index (χ3v) is 8.59. The highest BCUT2D eigenvalue weighted by Gasteiger charge is 2.37. The molecule has 7 heteroatoms. The molecule has 3 fully saturated rings. The van der Waals surface area contributed by atoms with Crippen molar-refractivity contribution in [2.45, 2.75) is 71.3 Å². The largest absolute Gasteiger partial charge is 0.353 e. The topological polar surface area (TPSA) is 69.7 Å². The van der Waals surface area contributed by atoms with Crippen molar-refractivity contribution in [3.63, 3.8) is 0 Å². The lowest BCUT2D eigenvalue weighted by Crippen LogP contribution is -2.53. The second-order valence-corrected chi connectivity index (χ2v) is 10.6. The van der Waals surface area contributed by atoms with Gasteiger partial charge in [0.15, 0.2) is 0 Å². The molecule has 26 heavy (non-hydrogen) atoms. The first-order valence-electron chi connectivity index (χ1n) is 10.4. The SMILES string of the molecule is CC1CCN(S(=O)(=O)N2CCCC(C(=O)NC3CCCCC3C)C2)CC1. The van der Waals surface area contributed by atoms with Crippen LogP contribution in [0, 0.1) is 17.8 Å². The molecule has 0 spiro atoms. The zero-order chi connectivity index (χ0) is 18.7. The molecule has 3 aliphatic rings. The summed E-state index contributed by atoms with van der Waals surface area (Å²) in [6, 6.07) is 0.256. The molecule has 2 aliphatic heterocycles. The van der Waals surface area contributed by atoms with Gasteiger partial charge in [-0.2, -0.15) is 17.0 Å². The smallest absolute Gasteiger partial charge is 0.281 e. The maximum absolute atomic E-state index is 13.0. The van der Waals surface area contributed by atoms with Gasteiger partial charge >= 0.3 is 0 Å². The fraction of sp³-hybridized carbons (Fsp3) is 0.947. The molecule has 0 radical (unpaired) electrons. The molecule has 0 aromatic heterocycles. The zero-order valence-electron chi connectivity index (χ0n) is 16.3. The Balaban J connectivity index is 1.58. The van der Waals surface area contributed by atoms with Crippen LogP contribution in [0.3, 0.4) is 0 Å². The summed E-state index contributed by atoms with van der Waals surface area (Å²) in [5.74, 6) is 0.956. The van der Waals surface area contributed by atoms with Crippen LogP contribution in [0.4, 0.5) is 0 Å². The lowest BCUT2D eigenvalue weighted by Gasteiger charge is -2.38. The highest BCUT2D eigenvalue weighted by molar-refractivity contribution is 7.86. The van der Waals surface area contributed by atoms with Gasteiger partial charge in [0.1, 0.15) is 0 Å². The Morgan fingerprint density at radius 1 is 0.885 bits per heavy atom. The van der Waals surface area contributed by atoms with E-state index in [1.165, 1.54) is 19.3 Å². The summed E-state index contributed by atoms with van der Waals surface area (Å²) in [5.41, 5.74) is 0. The van der Waals surface area contributed by atoms with Crippen molar-refractivity contribution in [1.29, 1.82) is 0 Å². The minimum Gasteiger partial charge on any atom is -0.353 e. The van der Waals surface area contributed by atoms with Crippen LogP contribution in [-0.2, 0) is 15.0 Å². The number of hydrogen-bond acceptors (Lipinski definition) is 3. The molecule has 0 aromatic carbocycles. The molecular formula is C19H35N3O3S. The number of nitrogens with one attached hydrogen (secondary N) is 1. The monoisotopic (exact) mass is 385 g/mol. The van der Waals surface area contributed by atoms with E-state index < -0.39 is 10.2 Å². The van der Waals surface area contributed by atoms with Crippen LogP contribution >= 0.6 is 0 Å². The van der Waals surface area contributed by atoms with Gasteiger partial charge in [-0.05, 0) is 50.4 Å². The summed E-state index contributed by atoms with van der Waals surface area (Å²) >= 11 is 0. The predicted molar refractivity (Wildman–Crippen MR) is 103 cm³/mol. The van der Waals surface area contributed by atoms with Crippen LogP contribution in [0.1, 0.15) is 65.2 Å². The number of rotatable bonds is 4. The second kappa shape index (κ2) is 8.57. The van der Waals surface area contributed by atoms with Gasteiger partial charge < -0.3 is 5.32 Å². The summed E-state index contributed by atoms with van der Waals surface area (Å²) in [5, 5.41) is 3.22. The normalized spacial score (nSPS) is 33.1. The average molecular weight is 386 g/mol. The zero-order valence-corrected chi connectivity index (χ0v) is 17.1. The first-order valence-corrected chi connectivity index (χ1v) is 11.8. The standard InChI is InChI=1S/C19H35N3O3S/c1-15-9-12-21(13-10-15)26(24,25)22-11-5-7-17(14-22)19(23)20-18-8-4-3-6-16(18)2/h15-18H,3-14H2,1-2H3,(H,20,23). The molecule has 3 rings (SSSR count). The molecule has 3 unspecified atom stereocenters. The molecule has 2 saturated heterocycles. The first kappa shape index (κ1) is 20.1. The lowest BCUT2D eigenvalue weighted by molar-refractivity contribution is -0.127. The molecule has 3 atom stereocenters. The van der Waals surface area contributed by atoms with E-state index in [2.05, 4.69) is 19.2 Å². The number of hydrogen-bond donors (Lipinski definition) is 1. The molecule has 1 N–H and O–H groups in total. The summed E-state index contributed by atoms with van der Waals surface area (Å²) < 4.78 is 29.1. The van der Waals surface area contributed by atoms with Gasteiger partial charge in [-0.1, -0.05) is 26.7 Å². The maximum atomic E-state index is 13.0. The first-order chi connectivity index (χ1) is 12.4. The Bertz CT molecular complexity index is 587.